The van der Waals surface area contributed by atoms with Gasteiger partial charge in [0.05, 0.1) is 42.5 Å². The van der Waals surface area contributed by atoms with Crippen molar-refractivity contribution < 1.29 is 64.3 Å². The number of hydrogen-bond acceptors (Lipinski definition) is 13. The number of amides is 1. The minimum atomic E-state index is -1.63. The number of aromatic nitrogens is 1. The number of carbonyl (C=O) groups excluding carboxylic acids is 1. The highest BCUT2D eigenvalue weighted by atomic mass is 16.8. The molecule has 5 aliphatic rings. The summed E-state index contributed by atoms with van der Waals surface area (Å²) >= 11 is 0. The topological polar surface area (TPSA) is 213 Å². The van der Waals surface area contributed by atoms with E-state index < -0.39 is 92.2 Å². The van der Waals surface area contributed by atoms with Gasteiger partial charge in [-0.3, -0.25) is 4.79 Å². The maximum Gasteiger partial charge on any atom is 0.253 e. The van der Waals surface area contributed by atoms with Crippen molar-refractivity contribution in [1.82, 2.24) is 9.63 Å². The molecule has 2 aromatic rings. The maximum atomic E-state index is 14.1. The van der Waals surface area contributed by atoms with E-state index in [-0.39, 0.29) is 18.4 Å². The van der Waals surface area contributed by atoms with Gasteiger partial charge in [0.15, 0.2) is 12.6 Å². The van der Waals surface area contributed by atoms with Gasteiger partial charge in [0, 0.05) is 17.8 Å². The monoisotopic (exact) mass is 662 g/mol. The van der Waals surface area contributed by atoms with E-state index in [0.717, 1.165) is 10.9 Å². The summed E-state index contributed by atoms with van der Waals surface area (Å²) in [5.41, 5.74) is 2.37. The molecule has 0 spiro atoms. The third-order valence-corrected chi connectivity index (χ3v) is 10.5. The molecule has 4 unspecified atom stereocenters. The van der Waals surface area contributed by atoms with E-state index in [2.05, 4.69) is 6.58 Å². The van der Waals surface area contributed by atoms with Crippen LogP contribution < -0.4 is 4.84 Å². The number of aliphatic hydroxyl groups excluding tert-OH is 7. The van der Waals surface area contributed by atoms with E-state index >= 15 is 0 Å². The van der Waals surface area contributed by atoms with Crippen molar-refractivity contribution in [2.24, 2.45) is 17.8 Å². The average Bonchev–Trinajstić information content (AvgIpc) is 3.40. The van der Waals surface area contributed by atoms with Gasteiger partial charge in [0.2, 0.25) is 5.91 Å². The Bertz CT molecular complexity index is 1480. The maximum absolute atomic E-state index is 14.1. The molecule has 6 heterocycles. The zero-order chi connectivity index (χ0) is 33.3. The highest BCUT2D eigenvalue weighted by Crippen LogP contribution is 2.49. The molecule has 15 heteroatoms. The summed E-state index contributed by atoms with van der Waals surface area (Å²) in [6.45, 7) is 5.43. The van der Waals surface area contributed by atoms with Gasteiger partial charge in [-0.05, 0) is 37.3 Å². The average molecular weight is 663 g/mol. The van der Waals surface area contributed by atoms with E-state index in [4.69, 9.17) is 23.8 Å². The van der Waals surface area contributed by atoms with E-state index in [1.165, 1.54) is 0 Å². The second kappa shape index (κ2) is 12.7. The Balaban J connectivity index is 1.20. The third kappa shape index (κ3) is 5.29. The van der Waals surface area contributed by atoms with Gasteiger partial charge in [0.25, 0.3) is 6.29 Å². The Kier molecular flexibility index (Phi) is 8.85. The molecule has 258 valence electrons. The first-order valence-corrected chi connectivity index (χ1v) is 16.0. The number of ether oxygens (including phenoxy) is 4. The fourth-order valence-corrected chi connectivity index (χ4v) is 7.93. The van der Waals surface area contributed by atoms with Crippen molar-refractivity contribution >= 4 is 16.8 Å². The summed E-state index contributed by atoms with van der Waals surface area (Å²) in [5.74, 6) is -1.54. The van der Waals surface area contributed by atoms with Crippen LogP contribution in [0.25, 0.3) is 10.9 Å². The molecule has 5 aliphatic heterocycles. The second-order valence-electron chi connectivity index (χ2n) is 13.1. The Morgan fingerprint density at radius 2 is 1.68 bits per heavy atom. The van der Waals surface area contributed by atoms with Crippen molar-refractivity contribution in [1.29, 1.82) is 0 Å². The molecule has 1 aromatic carbocycles. The zero-order valence-electron chi connectivity index (χ0n) is 25.8. The number of para-hydroxylation sites is 1. The van der Waals surface area contributed by atoms with Crippen LogP contribution in [-0.2, 0) is 30.2 Å². The summed E-state index contributed by atoms with van der Waals surface area (Å²) in [4.78, 5) is 22.2. The number of aliphatic hydroxyl groups is 7. The van der Waals surface area contributed by atoms with Crippen LogP contribution in [-0.4, -0.2) is 139 Å². The van der Waals surface area contributed by atoms with Gasteiger partial charge in [-0.15, -0.1) is 6.58 Å². The lowest BCUT2D eigenvalue weighted by Crippen LogP contribution is -2.61. The Hall–Kier alpha value is -2.67. The molecule has 15 atom stereocenters. The molecule has 0 bridgehead atoms. The Morgan fingerprint density at radius 3 is 2.43 bits per heavy atom. The minimum absolute atomic E-state index is 0.0195. The van der Waals surface area contributed by atoms with Crippen LogP contribution in [0.4, 0.5) is 0 Å². The molecule has 4 saturated heterocycles. The van der Waals surface area contributed by atoms with Gasteiger partial charge in [-0.25, -0.2) is 0 Å². The van der Waals surface area contributed by atoms with Crippen molar-refractivity contribution in [3.8, 4) is 0 Å². The molecule has 0 radical (unpaired) electrons. The van der Waals surface area contributed by atoms with Gasteiger partial charge in [0.1, 0.15) is 42.7 Å². The molecule has 1 aromatic heterocycles. The first-order chi connectivity index (χ1) is 22.5. The molecule has 7 N–H and O–H groups in total. The van der Waals surface area contributed by atoms with Crippen LogP contribution >= 0.6 is 0 Å². The summed E-state index contributed by atoms with van der Waals surface area (Å²) in [7, 11) is 0. The summed E-state index contributed by atoms with van der Waals surface area (Å²) in [6.07, 6.45) is -12.3. The molecule has 0 saturated carbocycles. The Morgan fingerprint density at radius 1 is 0.957 bits per heavy atom. The standard InChI is InChI=1S/C32H42N2O13/c1-3-14-17-10-20-22-16(15-6-4-5-7-19(15)34(22)47-32-28(41)25(38)23(36)13(2)44-32)8-9-33(20)29(42)18(17)12-43-30(14)46-31-27(40)26(39)24(37)21(11-35)45-31/h3-7,13-14,17-18,20-21,23-28,30-32,35-41H,1,8-12H2,2H3/t13-,14?,17?,18?,20?,21+,23-,24+,25+,26-,27+,28+,30-,31-,32-/m0/s1. The molecule has 7 rings (SSSR count). The van der Waals surface area contributed by atoms with Crippen molar-refractivity contribution in [3.05, 3.63) is 48.2 Å². The van der Waals surface area contributed by atoms with Crippen molar-refractivity contribution in [3.63, 3.8) is 0 Å². The number of piperidine rings is 1. The van der Waals surface area contributed by atoms with Gasteiger partial charge < -0.3 is 64.4 Å². The lowest BCUT2D eigenvalue weighted by Gasteiger charge is -2.51. The molecule has 1 amide bonds. The second-order valence-corrected chi connectivity index (χ2v) is 13.1. The number of benzene rings is 1. The predicted octanol–water partition coefficient (Wildman–Crippen LogP) is -2.07. The van der Waals surface area contributed by atoms with E-state index in [9.17, 15) is 40.5 Å². The largest absolute Gasteiger partial charge is 0.394 e. The van der Waals surface area contributed by atoms with Crippen molar-refractivity contribution in [2.45, 2.75) is 93.5 Å². The van der Waals surface area contributed by atoms with Gasteiger partial charge >= 0.3 is 0 Å². The molecule has 4 fully saturated rings. The van der Waals surface area contributed by atoms with Crippen molar-refractivity contribution in [2.75, 3.05) is 19.8 Å². The normalized spacial score (nSPS) is 43.6. The molecule has 47 heavy (non-hydrogen) atoms. The number of rotatable bonds is 6. The van der Waals surface area contributed by atoms with Crippen LogP contribution in [0, 0.1) is 17.8 Å². The highest BCUT2D eigenvalue weighted by Gasteiger charge is 2.54. The van der Waals surface area contributed by atoms with Gasteiger partial charge in [-0.1, -0.05) is 24.3 Å². The van der Waals surface area contributed by atoms with Crippen LogP contribution in [0.2, 0.25) is 0 Å². The first-order valence-electron chi connectivity index (χ1n) is 16.0. The minimum Gasteiger partial charge on any atom is -0.394 e. The highest BCUT2D eigenvalue weighted by molar-refractivity contribution is 5.87. The molecular weight excluding hydrogens is 620 g/mol. The fourth-order valence-electron chi connectivity index (χ4n) is 7.93. The lowest BCUT2D eigenvalue weighted by molar-refractivity contribution is -0.352. The first kappa shape index (κ1) is 32.9. The predicted molar refractivity (Wildman–Crippen MR) is 159 cm³/mol. The van der Waals surface area contributed by atoms with Crippen LogP contribution in [0.5, 0.6) is 0 Å². The van der Waals surface area contributed by atoms with E-state index in [1.807, 2.05) is 29.2 Å². The Labute approximate surface area is 270 Å². The number of nitrogens with zero attached hydrogens (tertiary/aromatic N) is 2. The van der Waals surface area contributed by atoms with Crippen LogP contribution in [0.3, 0.4) is 0 Å². The third-order valence-electron chi connectivity index (χ3n) is 10.5. The van der Waals surface area contributed by atoms with Crippen LogP contribution in [0.15, 0.2) is 36.9 Å². The van der Waals surface area contributed by atoms with E-state index in [0.29, 0.717) is 30.6 Å². The van der Waals surface area contributed by atoms with Gasteiger partial charge in [-0.2, -0.15) is 4.73 Å². The van der Waals surface area contributed by atoms with E-state index in [1.54, 1.807) is 17.7 Å². The van der Waals surface area contributed by atoms with Crippen LogP contribution in [0.1, 0.15) is 30.6 Å². The SMILES string of the molecule is C=CC1C2CC3c4c(c5ccccc5n4O[C@@H]4O[C@@H](C)[C@H](O)[C@@H](O)[C@H]4O)CCN3C(=O)C2CO[C@H]1O[C@@H]1O[C@H](CO)[C@@H](O)[C@H](O)[C@H]1O. The summed E-state index contributed by atoms with van der Waals surface area (Å²) in [6, 6.07) is 7.10. The lowest BCUT2D eigenvalue weighted by atomic mass is 9.70. The molecular formula is C32H42N2O13. The smallest absolute Gasteiger partial charge is 0.253 e. The fraction of sp³-hybridized carbons (Fsp3) is 0.656. The number of fused-ring (bicyclic) bond motifs is 6. The summed E-state index contributed by atoms with van der Waals surface area (Å²) < 4.78 is 24.9. The molecule has 0 aliphatic carbocycles. The quantitative estimate of drug-likeness (QED) is 0.166. The zero-order valence-corrected chi connectivity index (χ0v) is 25.8. The number of hydrogen-bond donors (Lipinski definition) is 7. The summed E-state index contributed by atoms with van der Waals surface area (Å²) in [5, 5.41) is 73.1. The molecule has 15 nitrogen and oxygen atoms in total. The number of carbonyl (C=O) groups is 1.